The molecule has 0 unspecified atom stereocenters. The van der Waals surface area contributed by atoms with Gasteiger partial charge < -0.3 is 34.9 Å². The van der Waals surface area contributed by atoms with Crippen molar-refractivity contribution in [1.29, 1.82) is 0 Å². The minimum atomic E-state index is -3.35. The average molecular weight is 417 g/mol. The van der Waals surface area contributed by atoms with Crippen LogP contribution in [-0.4, -0.2) is 72.3 Å². The largest absolute Gasteiger partial charge is 0.478 e. The maximum absolute atomic E-state index is 12.3. The second-order valence-corrected chi connectivity index (χ2v) is 12.4. The second-order valence-electron chi connectivity index (χ2n) is 6.51. The van der Waals surface area contributed by atoms with Gasteiger partial charge in [0, 0.05) is 30.7 Å². The molecule has 0 saturated carbocycles. The average Bonchev–Trinajstić information content (AvgIpc) is 2.51. The quantitative estimate of drug-likeness (QED) is 0.250. The van der Waals surface area contributed by atoms with E-state index in [0.717, 1.165) is 12.1 Å². The Kier molecular flexibility index (Phi) is 7.82. The molecule has 1 aromatic carbocycles. The topological polar surface area (TPSA) is 176 Å². The summed E-state index contributed by atoms with van der Waals surface area (Å²) in [4.78, 5) is 73.1. The van der Waals surface area contributed by atoms with Crippen LogP contribution in [0.3, 0.4) is 0 Å². The van der Waals surface area contributed by atoms with Gasteiger partial charge in [-0.1, -0.05) is 0 Å². The van der Waals surface area contributed by atoms with E-state index in [4.69, 9.17) is 0 Å². The predicted molar refractivity (Wildman–Crippen MR) is 99.8 cm³/mol. The van der Waals surface area contributed by atoms with E-state index in [1.54, 1.807) is 0 Å². The minimum Gasteiger partial charge on any atom is -0.478 e. The Balaban J connectivity index is 2.91. The molecule has 0 aromatic heterocycles. The van der Waals surface area contributed by atoms with Gasteiger partial charge in [-0.05, 0) is 31.3 Å². The van der Waals surface area contributed by atoms with Crippen molar-refractivity contribution in [2.75, 3.05) is 13.1 Å². The number of benzene rings is 1. The van der Waals surface area contributed by atoms with Crippen LogP contribution in [0, 0.1) is 0 Å². The highest BCUT2D eigenvalue weighted by molar-refractivity contribution is 6.63. The van der Waals surface area contributed by atoms with E-state index in [9.17, 15) is 38.7 Å². The summed E-state index contributed by atoms with van der Waals surface area (Å²) < 4.78 is 0. The van der Waals surface area contributed by atoms with Crippen molar-refractivity contribution in [2.45, 2.75) is 25.2 Å². The zero-order valence-corrected chi connectivity index (χ0v) is 17.0. The molecule has 12 heteroatoms. The number of carbonyl (C=O) groups is 3. The number of rotatable bonds is 9. The van der Waals surface area contributed by atoms with Crippen LogP contribution in [-0.2, 0) is 0 Å². The lowest BCUT2D eigenvalue weighted by Crippen LogP contribution is -2.37. The molecule has 0 aliphatic carbocycles. The summed E-state index contributed by atoms with van der Waals surface area (Å²) in [7, 11) is -6.65. The molecule has 1 aromatic rings. The van der Waals surface area contributed by atoms with Crippen LogP contribution >= 0.6 is 0 Å². The van der Waals surface area contributed by atoms with Gasteiger partial charge >= 0.3 is 23.1 Å². The van der Waals surface area contributed by atoms with E-state index in [1.165, 1.54) is 19.2 Å². The Morgan fingerprint density at radius 2 is 1.33 bits per heavy atom. The van der Waals surface area contributed by atoms with Crippen LogP contribution in [0.4, 0.5) is 0 Å². The van der Waals surface area contributed by atoms with Gasteiger partial charge in [0.05, 0.1) is 11.1 Å². The van der Waals surface area contributed by atoms with E-state index in [-0.39, 0.29) is 41.9 Å². The van der Waals surface area contributed by atoms with Crippen LogP contribution in [0.1, 0.15) is 31.1 Å². The summed E-state index contributed by atoms with van der Waals surface area (Å²) in [5, 5.41) is 14.1. The summed E-state index contributed by atoms with van der Waals surface area (Å²) in [6.07, 6.45) is 0. The third kappa shape index (κ3) is 8.42. The van der Waals surface area contributed by atoms with Crippen LogP contribution < -0.4 is 10.6 Å². The van der Waals surface area contributed by atoms with Gasteiger partial charge in [0.15, 0.2) is 0 Å². The monoisotopic (exact) mass is 416 g/mol. The lowest BCUT2D eigenvalue weighted by molar-refractivity contribution is 0.0690. The lowest BCUT2D eigenvalue weighted by atomic mass is 10.0. The Bertz CT molecular complexity index is 713. The van der Waals surface area contributed by atoms with Crippen molar-refractivity contribution in [1.82, 2.24) is 10.6 Å². The summed E-state index contributed by atoms with van der Waals surface area (Å²) in [6.45, 7) is 2.54. The van der Waals surface area contributed by atoms with Crippen molar-refractivity contribution in [2.24, 2.45) is 0 Å². The Morgan fingerprint density at radius 3 is 1.78 bits per heavy atom. The zero-order valence-electron chi connectivity index (χ0n) is 15.0. The summed E-state index contributed by atoms with van der Waals surface area (Å²) in [5.41, 5.74) is -0.506. The lowest BCUT2D eigenvalue weighted by Gasteiger charge is -2.14. The molecule has 0 bridgehead atoms. The van der Waals surface area contributed by atoms with Crippen LogP contribution in [0.25, 0.3) is 0 Å². The number of nitrogens with one attached hydrogen (secondary N) is 2. The molecule has 0 aliphatic heterocycles. The fourth-order valence-electron chi connectivity index (χ4n) is 2.08. The highest BCUT2D eigenvalue weighted by atomic mass is 28.4. The van der Waals surface area contributed by atoms with E-state index in [0.29, 0.717) is 0 Å². The van der Waals surface area contributed by atoms with Gasteiger partial charge in [-0.25, -0.2) is 4.79 Å². The molecule has 0 aliphatic rings. The van der Waals surface area contributed by atoms with Crippen LogP contribution in [0.2, 0.25) is 25.2 Å². The van der Waals surface area contributed by atoms with Gasteiger partial charge in [0.2, 0.25) is 0 Å². The van der Waals surface area contributed by atoms with Crippen molar-refractivity contribution in [3.8, 4) is 0 Å². The fourth-order valence-corrected chi connectivity index (χ4v) is 3.28. The number of carboxylic acids is 1. The number of aromatic carboxylic acids is 1. The van der Waals surface area contributed by atoms with Gasteiger partial charge in [-0.2, -0.15) is 0 Å². The number of carboxylic acid groups (broad SMARTS) is 1. The van der Waals surface area contributed by atoms with E-state index >= 15 is 0 Å². The summed E-state index contributed by atoms with van der Waals surface area (Å²) >= 11 is 0. The van der Waals surface area contributed by atoms with Gasteiger partial charge in [0.1, 0.15) is 0 Å². The zero-order chi connectivity index (χ0) is 20.8. The molecule has 2 amide bonds. The first kappa shape index (κ1) is 22.9. The van der Waals surface area contributed by atoms with E-state index in [1.807, 2.05) is 0 Å². The highest BCUT2D eigenvalue weighted by Crippen LogP contribution is 2.13. The number of carbonyl (C=O) groups excluding carboxylic acids is 2. The molecule has 27 heavy (non-hydrogen) atoms. The fraction of sp³-hybridized carbons (Fsp3) is 0.400. The third-order valence-corrected chi connectivity index (χ3v) is 5.92. The Labute approximate surface area is 158 Å². The maximum Gasteiger partial charge on any atom is 0.336 e. The summed E-state index contributed by atoms with van der Waals surface area (Å²) in [5.74, 6) is -2.70. The summed E-state index contributed by atoms with van der Waals surface area (Å²) in [6, 6.07) is 3.48. The number of hydrogen-bond acceptors (Lipinski definition) is 7. The van der Waals surface area contributed by atoms with Crippen molar-refractivity contribution >= 4 is 34.9 Å². The molecule has 0 radical (unpaired) electrons. The molecule has 0 heterocycles. The highest BCUT2D eigenvalue weighted by Gasteiger charge is 2.24. The molecule has 150 valence electrons. The molecule has 10 nitrogen and oxygen atoms in total. The van der Waals surface area contributed by atoms with Crippen LogP contribution in [0.15, 0.2) is 18.2 Å². The third-order valence-electron chi connectivity index (χ3n) is 3.53. The van der Waals surface area contributed by atoms with Gasteiger partial charge in [0.25, 0.3) is 11.8 Å². The Morgan fingerprint density at radius 1 is 0.852 bits per heavy atom. The standard InChI is InChI=1S/C15H24N2O8Si2/c1-26(22,23)7-5-16-13(18)10-3-4-11(15(20)21)12(9-10)14(19)17-6-8-27(2,24)25/h3-4,9,22-25H,5-8H2,1-2H3,(H,16,18)(H,17,19)(H,20,21). The van der Waals surface area contributed by atoms with Crippen molar-refractivity contribution in [3.63, 3.8) is 0 Å². The van der Waals surface area contributed by atoms with Gasteiger partial charge in [-0.3, -0.25) is 9.59 Å². The first-order chi connectivity index (χ1) is 12.3. The second kappa shape index (κ2) is 9.21. The Hall–Kier alpha value is -2.10. The molecular formula is C15H24N2O8Si2. The smallest absolute Gasteiger partial charge is 0.336 e. The van der Waals surface area contributed by atoms with Gasteiger partial charge in [-0.15, -0.1) is 0 Å². The van der Waals surface area contributed by atoms with Crippen molar-refractivity contribution in [3.05, 3.63) is 34.9 Å². The van der Waals surface area contributed by atoms with E-state index in [2.05, 4.69) is 10.6 Å². The maximum atomic E-state index is 12.3. The normalized spacial score (nSPS) is 11.8. The molecular weight excluding hydrogens is 392 g/mol. The SMILES string of the molecule is C[Si](O)(O)CCNC(=O)c1ccc(C(=O)O)c(C(=O)NCC[Si](C)(O)O)c1. The molecule has 0 spiro atoms. The first-order valence-corrected chi connectivity index (χ1v) is 13.3. The first-order valence-electron chi connectivity index (χ1n) is 8.13. The molecule has 0 fully saturated rings. The van der Waals surface area contributed by atoms with E-state index < -0.39 is 34.9 Å². The molecule has 1 rings (SSSR count). The molecule has 0 saturated heterocycles. The minimum absolute atomic E-state index is 0.0181. The number of hydrogen-bond donors (Lipinski definition) is 7. The molecule has 7 N–H and O–H groups in total. The predicted octanol–water partition coefficient (Wildman–Crippen LogP) is -1.04. The van der Waals surface area contributed by atoms with Crippen LogP contribution in [0.5, 0.6) is 0 Å². The van der Waals surface area contributed by atoms with Crippen molar-refractivity contribution < 1.29 is 38.7 Å². The molecule has 0 atom stereocenters. The number of amides is 2.